The van der Waals surface area contributed by atoms with E-state index in [0.717, 1.165) is 17.5 Å². The zero-order valence-electron chi connectivity index (χ0n) is 14.6. The lowest BCUT2D eigenvalue weighted by Crippen LogP contribution is -2.23. The van der Waals surface area contributed by atoms with Crippen LogP contribution in [0.25, 0.3) is 0 Å². The van der Waals surface area contributed by atoms with Crippen LogP contribution >= 0.6 is 11.3 Å². The van der Waals surface area contributed by atoms with Gasteiger partial charge in [0.1, 0.15) is 12.4 Å². The van der Waals surface area contributed by atoms with Gasteiger partial charge >= 0.3 is 0 Å². The lowest BCUT2D eigenvalue weighted by Gasteiger charge is -2.11. The average molecular weight is 402 g/mol. The summed E-state index contributed by atoms with van der Waals surface area (Å²) in [4.78, 5) is 16.9. The molecule has 3 aromatic rings. The summed E-state index contributed by atoms with van der Waals surface area (Å²) in [5, 5.41) is 4.72. The lowest BCUT2D eigenvalue weighted by molar-refractivity contribution is 0.0946. The van der Waals surface area contributed by atoms with E-state index < -0.39 is 9.84 Å². The van der Waals surface area contributed by atoms with Crippen LogP contribution < -0.4 is 10.1 Å². The van der Waals surface area contributed by atoms with Crippen LogP contribution in [0.15, 0.2) is 64.3 Å². The number of aromatic nitrogens is 1. The van der Waals surface area contributed by atoms with Gasteiger partial charge in [-0.2, -0.15) is 0 Å². The fraction of sp³-hybridized carbons (Fsp3) is 0.158. The summed E-state index contributed by atoms with van der Waals surface area (Å²) >= 11 is 1.49. The molecule has 1 aromatic heterocycles. The number of sulfone groups is 1. The van der Waals surface area contributed by atoms with Gasteiger partial charge in [0.05, 0.1) is 21.7 Å². The number of para-hydroxylation sites is 1. The first-order valence-electron chi connectivity index (χ1n) is 8.09. The summed E-state index contributed by atoms with van der Waals surface area (Å²) in [6.07, 6.45) is 1.16. The second-order valence-electron chi connectivity index (χ2n) is 5.86. The Morgan fingerprint density at radius 3 is 2.56 bits per heavy atom. The van der Waals surface area contributed by atoms with E-state index >= 15 is 0 Å². The Bertz CT molecular complexity index is 1010. The van der Waals surface area contributed by atoms with Crippen LogP contribution in [0.4, 0.5) is 0 Å². The molecule has 0 saturated heterocycles. The molecular weight excluding hydrogens is 384 g/mol. The number of rotatable bonds is 7. The van der Waals surface area contributed by atoms with Gasteiger partial charge in [-0.3, -0.25) is 4.79 Å². The van der Waals surface area contributed by atoms with Gasteiger partial charge < -0.3 is 10.1 Å². The molecule has 0 saturated carbocycles. The normalized spacial score (nSPS) is 11.1. The van der Waals surface area contributed by atoms with Crippen molar-refractivity contribution in [3.63, 3.8) is 0 Å². The number of benzene rings is 2. The van der Waals surface area contributed by atoms with Crippen LogP contribution in [0.3, 0.4) is 0 Å². The first-order valence-corrected chi connectivity index (χ1v) is 10.9. The number of nitrogens with zero attached hydrogens (tertiary/aromatic N) is 1. The zero-order chi connectivity index (χ0) is 19.3. The molecule has 1 heterocycles. The van der Waals surface area contributed by atoms with Crippen molar-refractivity contribution >= 4 is 27.1 Å². The van der Waals surface area contributed by atoms with E-state index in [0.29, 0.717) is 17.9 Å². The maximum Gasteiger partial charge on any atom is 0.255 e. The molecule has 0 aliphatic rings. The Morgan fingerprint density at radius 2 is 1.89 bits per heavy atom. The quantitative estimate of drug-likeness (QED) is 0.656. The Hall–Kier alpha value is -2.71. The monoisotopic (exact) mass is 402 g/mol. The topological polar surface area (TPSA) is 85.4 Å². The number of carbonyl (C=O) groups is 1. The summed E-state index contributed by atoms with van der Waals surface area (Å²) < 4.78 is 28.7. The van der Waals surface area contributed by atoms with Gasteiger partial charge in [0, 0.05) is 18.2 Å². The van der Waals surface area contributed by atoms with Crippen molar-refractivity contribution in [3.05, 3.63) is 76.2 Å². The minimum atomic E-state index is -3.23. The fourth-order valence-electron chi connectivity index (χ4n) is 2.37. The van der Waals surface area contributed by atoms with Gasteiger partial charge in [-0.25, -0.2) is 13.4 Å². The molecule has 0 fully saturated rings. The summed E-state index contributed by atoms with van der Waals surface area (Å²) in [6, 6.07) is 13.4. The minimum Gasteiger partial charge on any atom is -0.486 e. The first-order chi connectivity index (χ1) is 12.9. The SMILES string of the molecule is CS(=O)(=O)c1ccc(CNC(=O)c2ccccc2OCc2cscn2)cc1. The van der Waals surface area contributed by atoms with Gasteiger partial charge in [0.2, 0.25) is 0 Å². The minimum absolute atomic E-state index is 0.248. The molecule has 0 spiro atoms. The Labute approximate surface area is 161 Å². The van der Waals surface area contributed by atoms with Crippen LogP contribution in [0, 0.1) is 0 Å². The van der Waals surface area contributed by atoms with Gasteiger partial charge in [-0.15, -0.1) is 11.3 Å². The fourth-order valence-corrected chi connectivity index (χ4v) is 3.55. The van der Waals surface area contributed by atoms with Crippen LogP contribution in [-0.4, -0.2) is 25.6 Å². The van der Waals surface area contributed by atoms with E-state index in [2.05, 4.69) is 10.3 Å². The molecule has 0 atom stereocenters. The molecule has 2 aromatic carbocycles. The molecule has 140 valence electrons. The predicted octanol–water partition coefficient (Wildman–Crippen LogP) is 3.06. The van der Waals surface area contributed by atoms with Crippen molar-refractivity contribution in [2.75, 3.05) is 6.26 Å². The van der Waals surface area contributed by atoms with Crippen molar-refractivity contribution in [1.82, 2.24) is 10.3 Å². The highest BCUT2D eigenvalue weighted by molar-refractivity contribution is 7.90. The second kappa shape index (κ2) is 8.32. The molecule has 0 radical (unpaired) electrons. The van der Waals surface area contributed by atoms with E-state index in [4.69, 9.17) is 4.74 Å². The molecule has 1 N–H and O–H groups in total. The van der Waals surface area contributed by atoms with E-state index in [1.165, 1.54) is 23.5 Å². The summed E-state index contributed by atoms with van der Waals surface area (Å²) in [5.74, 6) is 0.214. The highest BCUT2D eigenvalue weighted by Crippen LogP contribution is 2.19. The molecule has 0 aliphatic heterocycles. The summed E-state index contributed by atoms with van der Waals surface area (Å²) in [5.41, 5.74) is 3.77. The number of nitrogens with one attached hydrogen (secondary N) is 1. The van der Waals surface area contributed by atoms with Gasteiger partial charge in [-0.1, -0.05) is 24.3 Å². The van der Waals surface area contributed by atoms with Crippen LogP contribution in [0.1, 0.15) is 21.6 Å². The van der Waals surface area contributed by atoms with Crippen molar-refractivity contribution in [1.29, 1.82) is 0 Å². The molecule has 6 nitrogen and oxygen atoms in total. The van der Waals surface area contributed by atoms with E-state index in [1.54, 1.807) is 41.9 Å². The number of ether oxygens (including phenoxy) is 1. The Morgan fingerprint density at radius 1 is 1.15 bits per heavy atom. The molecular formula is C19H18N2O4S2. The molecule has 0 aliphatic carbocycles. The largest absolute Gasteiger partial charge is 0.486 e. The van der Waals surface area contributed by atoms with Crippen molar-refractivity contribution < 1.29 is 17.9 Å². The number of hydrogen-bond acceptors (Lipinski definition) is 6. The summed E-state index contributed by atoms with van der Waals surface area (Å²) in [6.45, 7) is 0.573. The number of thiazole rings is 1. The van der Waals surface area contributed by atoms with E-state index in [1.807, 2.05) is 5.38 Å². The maximum absolute atomic E-state index is 12.5. The maximum atomic E-state index is 12.5. The Balaban J connectivity index is 1.64. The molecule has 27 heavy (non-hydrogen) atoms. The highest BCUT2D eigenvalue weighted by atomic mass is 32.2. The third kappa shape index (κ3) is 5.15. The molecule has 0 unspecified atom stereocenters. The second-order valence-corrected chi connectivity index (χ2v) is 8.60. The predicted molar refractivity (Wildman–Crippen MR) is 104 cm³/mol. The molecule has 0 bridgehead atoms. The molecule has 8 heteroatoms. The van der Waals surface area contributed by atoms with Crippen molar-refractivity contribution in [3.8, 4) is 5.75 Å². The standard InChI is InChI=1S/C19H18N2O4S2/c1-27(23,24)16-8-6-14(7-9-16)10-20-19(22)17-4-2-3-5-18(17)25-11-15-12-26-13-21-15/h2-9,12-13H,10-11H2,1H3,(H,20,22). The smallest absolute Gasteiger partial charge is 0.255 e. The van der Waals surface area contributed by atoms with Gasteiger partial charge in [-0.05, 0) is 29.8 Å². The van der Waals surface area contributed by atoms with E-state index in [9.17, 15) is 13.2 Å². The summed E-state index contributed by atoms with van der Waals surface area (Å²) in [7, 11) is -3.23. The third-order valence-electron chi connectivity index (χ3n) is 3.80. The average Bonchev–Trinajstić information content (AvgIpc) is 3.18. The first kappa shape index (κ1) is 19.1. The van der Waals surface area contributed by atoms with Crippen LogP contribution in [-0.2, 0) is 23.0 Å². The molecule has 1 amide bonds. The third-order valence-corrected chi connectivity index (χ3v) is 5.56. The highest BCUT2D eigenvalue weighted by Gasteiger charge is 2.13. The van der Waals surface area contributed by atoms with Gasteiger partial charge in [0.15, 0.2) is 9.84 Å². The lowest BCUT2D eigenvalue weighted by atomic mass is 10.1. The van der Waals surface area contributed by atoms with Crippen molar-refractivity contribution in [2.24, 2.45) is 0 Å². The van der Waals surface area contributed by atoms with Crippen LogP contribution in [0.2, 0.25) is 0 Å². The molecule has 3 rings (SSSR count). The number of amides is 1. The van der Waals surface area contributed by atoms with Crippen LogP contribution in [0.5, 0.6) is 5.75 Å². The van der Waals surface area contributed by atoms with E-state index in [-0.39, 0.29) is 17.3 Å². The Kier molecular flexibility index (Phi) is 5.88. The van der Waals surface area contributed by atoms with Gasteiger partial charge in [0.25, 0.3) is 5.91 Å². The zero-order valence-corrected chi connectivity index (χ0v) is 16.2. The van der Waals surface area contributed by atoms with Crippen molar-refractivity contribution in [2.45, 2.75) is 18.0 Å². The number of carbonyl (C=O) groups excluding carboxylic acids is 1. The number of hydrogen-bond donors (Lipinski definition) is 1.